The third-order valence-corrected chi connectivity index (χ3v) is 4.36. The Morgan fingerprint density at radius 2 is 1.56 bits per heavy atom. The minimum atomic E-state index is 0.113. The maximum absolute atomic E-state index is 6.21. The van der Waals surface area contributed by atoms with Gasteiger partial charge < -0.3 is 5.73 Å². The van der Waals surface area contributed by atoms with Crippen LogP contribution >= 0.6 is 0 Å². The van der Waals surface area contributed by atoms with Gasteiger partial charge in [-0.2, -0.15) is 0 Å². The maximum atomic E-state index is 6.21. The van der Waals surface area contributed by atoms with Crippen molar-refractivity contribution in [3.8, 4) is 0 Å². The summed E-state index contributed by atoms with van der Waals surface area (Å²) in [6, 6.07) is 0. The lowest BCUT2D eigenvalue weighted by Crippen LogP contribution is -2.33. The third-order valence-electron chi connectivity index (χ3n) is 4.36. The van der Waals surface area contributed by atoms with Crippen molar-refractivity contribution in [3.05, 3.63) is 0 Å². The van der Waals surface area contributed by atoms with Crippen LogP contribution in [0.25, 0.3) is 0 Å². The van der Waals surface area contributed by atoms with Crippen LogP contribution in [-0.2, 0) is 0 Å². The molecule has 0 heterocycles. The maximum Gasteiger partial charge on any atom is 0.0975 e. The van der Waals surface area contributed by atoms with Crippen LogP contribution in [0.4, 0.5) is 0 Å². The summed E-state index contributed by atoms with van der Waals surface area (Å²) in [5.41, 5.74) is 6.32. The molecule has 1 fully saturated rings. The summed E-state index contributed by atoms with van der Waals surface area (Å²) in [6.07, 6.45) is 9.86. The molecule has 1 aliphatic rings. The molecule has 0 amide bonds. The quantitative estimate of drug-likeness (QED) is 0.558. The second-order valence-corrected chi connectivity index (χ2v) is 5.16. The fourth-order valence-corrected chi connectivity index (χ4v) is 2.75. The highest BCUT2D eigenvalue weighted by molar-refractivity contribution is 5.83. The average Bonchev–Trinajstić information content (AvgIpc) is 2.37. The Balaban J connectivity index is 2.71. The Morgan fingerprint density at radius 3 is 2.00 bits per heavy atom. The first-order chi connectivity index (χ1) is 7.67. The number of nitrogens with zero attached hydrogens (tertiary/aromatic N) is 1. The molecular weight excluding hydrogens is 196 g/mol. The van der Waals surface area contributed by atoms with E-state index in [0.29, 0.717) is 5.92 Å². The zero-order valence-electron chi connectivity index (χ0n) is 11.3. The van der Waals surface area contributed by atoms with E-state index in [4.69, 9.17) is 10.7 Å². The van der Waals surface area contributed by atoms with Crippen LogP contribution in [0.5, 0.6) is 0 Å². The van der Waals surface area contributed by atoms with Gasteiger partial charge in [0.1, 0.15) is 0 Å². The highest BCUT2D eigenvalue weighted by atomic mass is 14.9. The molecule has 0 atom stereocenters. The minimum Gasteiger partial charge on any atom is -0.387 e. The first kappa shape index (κ1) is 13.5. The fourth-order valence-electron chi connectivity index (χ4n) is 2.75. The monoisotopic (exact) mass is 224 g/mol. The first-order valence-electron chi connectivity index (χ1n) is 7.02. The van der Waals surface area contributed by atoms with E-state index in [0.717, 1.165) is 25.1 Å². The SMILES string of the molecule is CCC(CC)(CC)N=C(N)C1CCCCC1. The molecule has 2 heteroatoms. The van der Waals surface area contributed by atoms with E-state index in [2.05, 4.69) is 20.8 Å². The molecule has 0 bridgehead atoms. The predicted molar refractivity (Wildman–Crippen MR) is 71.8 cm³/mol. The number of nitrogens with two attached hydrogens (primary N) is 1. The highest BCUT2D eigenvalue weighted by Gasteiger charge is 2.25. The largest absolute Gasteiger partial charge is 0.387 e. The molecule has 0 aromatic rings. The standard InChI is InChI=1S/C14H28N2/c1-4-14(5-2,6-3)16-13(15)12-10-8-7-9-11-12/h12H,4-11H2,1-3H3,(H2,15,16). The van der Waals surface area contributed by atoms with E-state index < -0.39 is 0 Å². The molecule has 0 aliphatic heterocycles. The van der Waals surface area contributed by atoms with Gasteiger partial charge in [-0.25, -0.2) is 0 Å². The molecule has 0 aromatic carbocycles. The van der Waals surface area contributed by atoms with E-state index in [-0.39, 0.29) is 5.54 Å². The van der Waals surface area contributed by atoms with E-state index in [1.54, 1.807) is 0 Å². The van der Waals surface area contributed by atoms with Crippen molar-refractivity contribution in [1.82, 2.24) is 0 Å². The smallest absolute Gasteiger partial charge is 0.0975 e. The lowest BCUT2D eigenvalue weighted by molar-refractivity contribution is 0.375. The van der Waals surface area contributed by atoms with E-state index in [9.17, 15) is 0 Å². The highest BCUT2D eigenvalue weighted by Crippen LogP contribution is 2.28. The lowest BCUT2D eigenvalue weighted by atomic mass is 9.86. The van der Waals surface area contributed by atoms with Crippen molar-refractivity contribution in [2.45, 2.75) is 77.7 Å². The summed E-state index contributed by atoms with van der Waals surface area (Å²) in [7, 11) is 0. The summed E-state index contributed by atoms with van der Waals surface area (Å²) in [5, 5.41) is 0. The molecule has 0 saturated heterocycles. The normalized spacial score (nSPS) is 20.1. The lowest BCUT2D eigenvalue weighted by Gasteiger charge is -2.29. The van der Waals surface area contributed by atoms with E-state index in [1.165, 1.54) is 32.1 Å². The van der Waals surface area contributed by atoms with Crippen LogP contribution in [0.2, 0.25) is 0 Å². The second-order valence-electron chi connectivity index (χ2n) is 5.16. The van der Waals surface area contributed by atoms with Gasteiger partial charge in [0.15, 0.2) is 0 Å². The average molecular weight is 224 g/mol. The molecule has 2 N–H and O–H groups in total. The molecule has 0 spiro atoms. The summed E-state index contributed by atoms with van der Waals surface area (Å²) in [5.74, 6) is 1.50. The third kappa shape index (κ3) is 3.23. The minimum absolute atomic E-state index is 0.113. The molecule has 0 aromatic heterocycles. The molecule has 2 nitrogen and oxygen atoms in total. The summed E-state index contributed by atoms with van der Waals surface area (Å²) in [6.45, 7) is 6.68. The summed E-state index contributed by atoms with van der Waals surface area (Å²) < 4.78 is 0. The van der Waals surface area contributed by atoms with Crippen LogP contribution in [0.1, 0.15) is 72.1 Å². The predicted octanol–water partition coefficient (Wildman–Crippen LogP) is 3.89. The Bertz CT molecular complexity index is 215. The van der Waals surface area contributed by atoms with Gasteiger partial charge >= 0.3 is 0 Å². The Morgan fingerprint density at radius 1 is 1.06 bits per heavy atom. The molecule has 1 aliphatic carbocycles. The number of aliphatic imine (C=N–C) groups is 1. The van der Waals surface area contributed by atoms with Gasteiger partial charge in [-0.15, -0.1) is 0 Å². The Labute approximate surface area is 101 Å². The van der Waals surface area contributed by atoms with Gasteiger partial charge in [0.05, 0.1) is 11.4 Å². The van der Waals surface area contributed by atoms with Crippen molar-refractivity contribution < 1.29 is 0 Å². The molecule has 16 heavy (non-hydrogen) atoms. The number of hydrogen-bond donors (Lipinski definition) is 1. The molecule has 94 valence electrons. The number of rotatable bonds is 5. The van der Waals surface area contributed by atoms with Crippen LogP contribution in [0, 0.1) is 5.92 Å². The van der Waals surface area contributed by atoms with Gasteiger partial charge in [0.2, 0.25) is 0 Å². The Hall–Kier alpha value is -0.530. The van der Waals surface area contributed by atoms with Crippen LogP contribution in [-0.4, -0.2) is 11.4 Å². The van der Waals surface area contributed by atoms with Gasteiger partial charge in [0.25, 0.3) is 0 Å². The van der Waals surface area contributed by atoms with Crippen molar-refractivity contribution in [2.75, 3.05) is 0 Å². The molecular formula is C14H28N2. The van der Waals surface area contributed by atoms with Crippen LogP contribution in [0.15, 0.2) is 4.99 Å². The first-order valence-corrected chi connectivity index (χ1v) is 7.02. The van der Waals surface area contributed by atoms with E-state index >= 15 is 0 Å². The zero-order chi connectivity index (χ0) is 12.0. The fraction of sp³-hybridized carbons (Fsp3) is 0.929. The Kier molecular flexibility index (Phi) is 5.30. The van der Waals surface area contributed by atoms with Crippen molar-refractivity contribution in [1.29, 1.82) is 0 Å². The van der Waals surface area contributed by atoms with Gasteiger partial charge in [-0.1, -0.05) is 40.0 Å². The molecule has 0 unspecified atom stereocenters. The molecule has 0 radical (unpaired) electrons. The van der Waals surface area contributed by atoms with Crippen molar-refractivity contribution >= 4 is 5.84 Å². The number of hydrogen-bond acceptors (Lipinski definition) is 1. The van der Waals surface area contributed by atoms with Gasteiger partial charge in [-0.3, -0.25) is 4.99 Å². The number of amidine groups is 1. The topological polar surface area (TPSA) is 38.4 Å². The van der Waals surface area contributed by atoms with Gasteiger partial charge in [0, 0.05) is 5.92 Å². The zero-order valence-corrected chi connectivity index (χ0v) is 11.3. The second kappa shape index (κ2) is 6.27. The summed E-state index contributed by atoms with van der Waals surface area (Å²) in [4.78, 5) is 4.88. The van der Waals surface area contributed by atoms with Crippen LogP contribution < -0.4 is 5.73 Å². The molecule has 1 rings (SSSR count). The van der Waals surface area contributed by atoms with Gasteiger partial charge in [-0.05, 0) is 32.1 Å². The summed E-state index contributed by atoms with van der Waals surface area (Å²) >= 11 is 0. The molecule has 1 saturated carbocycles. The van der Waals surface area contributed by atoms with Crippen LogP contribution in [0.3, 0.4) is 0 Å². The van der Waals surface area contributed by atoms with Crippen molar-refractivity contribution in [3.63, 3.8) is 0 Å². The van der Waals surface area contributed by atoms with Crippen molar-refractivity contribution in [2.24, 2.45) is 16.6 Å². The van der Waals surface area contributed by atoms with E-state index in [1.807, 2.05) is 0 Å².